The zero-order valence-electron chi connectivity index (χ0n) is 13.6. The second-order valence-corrected chi connectivity index (χ2v) is 5.78. The molecule has 0 radical (unpaired) electrons. The first kappa shape index (κ1) is 17.7. The molecular weight excluding hydrogens is 308 g/mol. The van der Waals surface area contributed by atoms with Crippen molar-refractivity contribution in [3.05, 3.63) is 42.0 Å². The van der Waals surface area contributed by atoms with Crippen molar-refractivity contribution in [1.29, 1.82) is 0 Å². The summed E-state index contributed by atoms with van der Waals surface area (Å²) in [5.74, 6) is -2.99. The number of allylic oxidation sites excluding steroid dienone is 2. The number of hydrogen-bond donors (Lipinski definition) is 3. The van der Waals surface area contributed by atoms with Gasteiger partial charge >= 0.3 is 5.97 Å². The van der Waals surface area contributed by atoms with Crippen molar-refractivity contribution in [3.8, 4) is 0 Å². The molecule has 0 bridgehead atoms. The van der Waals surface area contributed by atoms with Crippen LogP contribution in [-0.4, -0.2) is 29.4 Å². The zero-order chi connectivity index (χ0) is 17.5. The van der Waals surface area contributed by atoms with Gasteiger partial charge < -0.3 is 15.7 Å². The van der Waals surface area contributed by atoms with Crippen LogP contribution in [0.4, 0.5) is 5.69 Å². The van der Waals surface area contributed by atoms with Crippen LogP contribution >= 0.6 is 0 Å². The molecule has 0 spiro atoms. The molecule has 2 atom stereocenters. The van der Waals surface area contributed by atoms with Crippen LogP contribution in [0.15, 0.2) is 36.4 Å². The molecule has 0 unspecified atom stereocenters. The van der Waals surface area contributed by atoms with Crippen LogP contribution in [0.2, 0.25) is 0 Å². The number of carboxylic acid groups (broad SMARTS) is 1. The van der Waals surface area contributed by atoms with E-state index in [9.17, 15) is 19.5 Å². The third-order valence-electron chi connectivity index (χ3n) is 4.05. The first-order valence-corrected chi connectivity index (χ1v) is 8.10. The Kier molecular flexibility index (Phi) is 6.12. The fourth-order valence-electron chi connectivity index (χ4n) is 2.73. The van der Waals surface area contributed by atoms with Gasteiger partial charge in [0.1, 0.15) is 0 Å². The first-order chi connectivity index (χ1) is 11.5. The van der Waals surface area contributed by atoms with Gasteiger partial charge in [0, 0.05) is 6.54 Å². The van der Waals surface area contributed by atoms with E-state index in [1.165, 1.54) is 0 Å². The van der Waals surface area contributed by atoms with Gasteiger partial charge in [0.2, 0.25) is 5.91 Å². The Morgan fingerprint density at radius 1 is 1.12 bits per heavy atom. The van der Waals surface area contributed by atoms with E-state index in [0.29, 0.717) is 30.6 Å². The Labute approximate surface area is 140 Å². The molecule has 0 heterocycles. The fraction of sp³-hybridized carbons (Fsp3) is 0.389. The number of anilines is 1. The minimum Gasteiger partial charge on any atom is -0.481 e. The van der Waals surface area contributed by atoms with Gasteiger partial charge in [-0.2, -0.15) is 0 Å². The molecule has 1 aromatic rings. The summed E-state index contributed by atoms with van der Waals surface area (Å²) in [6, 6.07) is 6.73. The van der Waals surface area contributed by atoms with Gasteiger partial charge in [0.25, 0.3) is 5.91 Å². The standard InChI is InChI=1S/C18H22N2O4/c1-2-11-19-16(21)14-9-5-6-10-15(14)20-17(22)12-7-3-4-8-13(12)18(23)24/h3-6,9-10,12-13H,2,7-8,11H2,1H3,(H,19,21)(H,20,22)(H,23,24)/t12-,13+/m0/s1. The van der Waals surface area contributed by atoms with E-state index in [2.05, 4.69) is 10.6 Å². The molecule has 1 aliphatic rings. The Morgan fingerprint density at radius 3 is 2.46 bits per heavy atom. The summed E-state index contributed by atoms with van der Waals surface area (Å²) in [6.45, 7) is 2.51. The SMILES string of the molecule is CCCNC(=O)c1ccccc1NC(=O)[C@H]1CC=CC[C@H]1C(=O)O. The lowest BCUT2D eigenvalue weighted by Gasteiger charge is -2.24. The molecule has 6 nitrogen and oxygen atoms in total. The summed E-state index contributed by atoms with van der Waals surface area (Å²) in [5.41, 5.74) is 0.771. The monoisotopic (exact) mass is 330 g/mol. The largest absolute Gasteiger partial charge is 0.481 e. The molecule has 0 saturated heterocycles. The van der Waals surface area contributed by atoms with Gasteiger partial charge in [0.15, 0.2) is 0 Å². The first-order valence-electron chi connectivity index (χ1n) is 8.10. The van der Waals surface area contributed by atoms with E-state index in [4.69, 9.17) is 0 Å². The highest BCUT2D eigenvalue weighted by atomic mass is 16.4. The number of rotatable bonds is 6. The number of aliphatic carboxylic acids is 1. The van der Waals surface area contributed by atoms with Gasteiger partial charge in [-0.25, -0.2) is 0 Å². The molecule has 1 aliphatic carbocycles. The number of benzene rings is 1. The lowest BCUT2D eigenvalue weighted by molar-refractivity contribution is -0.146. The number of hydrogen-bond acceptors (Lipinski definition) is 3. The minimum absolute atomic E-state index is 0.258. The number of para-hydroxylation sites is 1. The summed E-state index contributed by atoms with van der Waals surface area (Å²) >= 11 is 0. The maximum atomic E-state index is 12.5. The maximum absolute atomic E-state index is 12.5. The lowest BCUT2D eigenvalue weighted by atomic mass is 9.82. The summed E-state index contributed by atoms with van der Waals surface area (Å²) in [6.07, 6.45) is 5.15. The highest BCUT2D eigenvalue weighted by Crippen LogP contribution is 2.27. The van der Waals surface area contributed by atoms with Gasteiger partial charge in [-0.3, -0.25) is 14.4 Å². The zero-order valence-corrected chi connectivity index (χ0v) is 13.6. The predicted molar refractivity (Wildman–Crippen MR) is 90.7 cm³/mol. The maximum Gasteiger partial charge on any atom is 0.307 e. The van der Waals surface area contributed by atoms with Gasteiger partial charge in [-0.05, 0) is 31.4 Å². The van der Waals surface area contributed by atoms with Crippen LogP contribution in [0, 0.1) is 11.8 Å². The highest BCUT2D eigenvalue weighted by Gasteiger charge is 2.34. The smallest absolute Gasteiger partial charge is 0.307 e. The number of carboxylic acids is 1. The Bertz CT molecular complexity index is 654. The summed E-state index contributed by atoms with van der Waals surface area (Å²) in [4.78, 5) is 36.1. The number of carbonyl (C=O) groups is 3. The fourth-order valence-corrected chi connectivity index (χ4v) is 2.73. The molecule has 1 aromatic carbocycles. The second kappa shape index (κ2) is 8.29. The second-order valence-electron chi connectivity index (χ2n) is 5.78. The molecule has 128 valence electrons. The summed E-state index contributed by atoms with van der Waals surface area (Å²) in [7, 11) is 0. The molecule has 0 aliphatic heterocycles. The van der Waals surface area contributed by atoms with Crippen molar-refractivity contribution in [2.75, 3.05) is 11.9 Å². The van der Waals surface area contributed by atoms with Gasteiger partial charge in [-0.1, -0.05) is 31.2 Å². The molecular formula is C18H22N2O4. The van der Waals surface area contributed by atoms with Crippen LogP contribution in [0.5, 0.6) is 0 Å². The third kappa shape index (κ3) is 4.22. The average Bonchev–Trinajstić information content (AvgIpc) is 2.60. The molecule has 24 heavy (non-hydrogen) atoms. The minimum atomic E-state index is -0.978. The molecule has 0 fully saturated rings. The van der Waals surface area contributed by atoms with Gasteiger partial charge in [0.05, 0.1) is 23.1 Å². The molecule has 2 amide bonds. The van der Waals surface area contributed by atoms with Crippen LogP contribution in [-0.2, 0) is 9.59 Å². The third-order valence-corrected chi connectivity index (χ3v) is 4.05. The topological polar surface area (TPSA) is 95.5 Å². The predicted octanol–water partition coefficient (Wildman–Crippen LogP) is 2.43. The van der Waals surface area contributed by atoms with Crippen LogP contribution in [0.3, 0.4) is 0 Å². The molecule has 2 rings (SSSR count). The van der Waals surface area contributed by atoms with Crippen molar-refractivity contribution >= 4 is 23.5 Å². The highest BCUT2D eigenvalue weighted by molar-refractivity contribution is 6.04. The van der Waals surface area contributed by atoms with Crippen molar-refractivity contribution in [2.24, 2.45) is 11.8 Å². The lowest BCUT2D eigenvalue weighted by Crippen LogP contribution is -2.35. The van der Waals surface area contributed by atoms with Crippen molar-refractivity contribution in [2.45, 2.75) is 26.2 Å². The number of carbonyl (C=O) groups excluding carboxylic acids is 2. The van der Waals surface area contributed by atoms with Crippen LogP contribution in [0.25, 0.3) is 0 Å². The van der Waals surface area contributed by atoms with Crippen molar-refractivity contribution in [3.63, 3.8) is 0 Å². The Balaban J connectivity index is 2.15. The van der Waals surface area contributed by atoms with E-state index in [-0.39, 0.29) is 11.8 Å². The van der Waals surface area contributed by atoms with E-state index >= 15 is 0 Å². The normalized spacial score (nSPS) is 19.5. The number of nitrogens with one attached hydrogen (secondary N) is 2. The number of amides is 2. The van der Waals surface area contributed by atoms with E-state index in [1.807, 2.05) is 13.0 Å². The summed E-state index contributed by atoms with van der Waals surface area (Å²) < 4.78 is 0. The van der Waals surface area contributed by atoms with Crippen LogP contribution < -0.4 is 10.6 Å². The molecule has 0 aromatic heterocycles. The molecule has 0 saturated carbocycles. The summed E-state index contributed by atoms with van der Waals surface area (Å²) in [5, 5.41) is 14.8. The van der Waals surface area contributed by atoms with Crippen molar-refractivity contribution < 1.29 is 19.5 Å². The van der Waals surface area contributed by atoms with Gasteiger partial charge in [-0.15, -0.1) is 0 Å². The van der Waals surface area contributed by atoms with Crippen molar-refractivity contribution in [1.82, 2.24) is 5.32 Å². The van der Waals surface area contributed by atoms with Crippen LogP contribution in [0.1, 0.15) is 36.5 Å². The molecule has 3 N–H and O–H groups in total. The Hall–Kier alpha value is -2.63. The van der Waals surface area contributed by atoms with E-state index < -0.39 is 17.8 Å². The van der Waals surface area contributed by atoms with E-state index in [1.54, 1.807) is 30.3 Å². The molecule has 6 heteroatoms. The Morgan fingerprint density at radius 2 is 1.79 bits per heavy atom. The van der Waals surface area contributed by atoms with E-state index in [0.717, 1.165) is 6.42 Å². The quantitative estimate of drug-likeness (QED) is 0.698. The average molecular weight is 330 g/mol.